The van der Waals surface area contributed by atoms with Crippen molar-refractivity contribution in [1.29, 1.82) is 0 Å². The number of benzene rings is 1. The third-order valence-electron chi connectivity index (χ3n) is 5.03. The second kappa shape index (κ2) is 7.09. The average Bonchev–Trinajstić information content (AvgIpc) is 3.13. The smallest absolute Gasteiger partial charge is 0.325 e. The molecule has 1 fully saturated rings. The van der Waals surface area contributed by atoms with Crippen LogP contribution in [0.4, 0.5) is 4.79 Å². The van der Waals surface area contributed by atoms with Gasteiger partial charge in [0.1, 0.15) is 12.1 Å². The van der Waals surface area contributed by atoms with Gasteiger partial charge < -0.3 is 20.1 Å². The van der Waals surface area contributed by atoms with Crippen LogP contribution in [0.3, 0.4) is 0 Å². The Morgan fingerprint density at radius 1 is 1.26 bits per heavy atom. The van der Waals surface area contributed by atoms with E-state index in [1.54, 1.807) is 19.1 Å². The second-order valence-electron chi connectivity index (χ2n) is 7.62. The van der Waals surface area contributed by atoms with E-state index in [0.29, 0.717) is 11.5 Å². The highest BCUT2D eigenvalue weighted by Crippen LogP contribution is 2.34. The van der Waals surface area contributed by atoms with Gasteiger partial charge in [-0.25, -0.2) is 4.79 Å². The number of nitrogens with zero attached hydrogens (tertiary/aromatic N) is 1. The molecule has 0 spiro atoms. The topological polar surface area (TPSA) is 97.0 Å². The number of imide groups is 1. The Morgan fingerprint density at radius 3 is 2.67 bits per heavy atom. The number of urea groups is 1. The molecule has 1 aromatic rings. The summed E-state index contributed by atoms with van der Waals surface area (Å²) in [6.07, 6.45) is 0.286. The van der Waals surface area contributed by atoms with Gasteiger partial charge in [0, 0.05) is 12.5 Å². The van der Waals surface area contributed by atoms with E-state index >= 15 is 0 Å². The summed E-state index contributed by atoms with van der Waals surface area (Å²) >= 11 is 0. The molecule has 2 N–H and O–H groups in total. The summed E-state index contributed by atoms with van der Waals surface area (Å²) in [6, 6.07) is 4.81. The van der Waals surface area contributed by atoms with Gasteiger partial charge in [-0.1, -0.05) is 19.9 Å². The van der Waals surface area contributed by atoms with E-state index in [1.807, 2.05) is 26.8 Å². The van der Waals surface area contributed by atoms with Crippen molar-refractivity contribution in [3.05, 3.63) is 23.8 Å². The average molecular weight is 375 g/mol. The van der Waals surface area contributed by atoms with Gasteiger partial charge in [-0.2, -0.15) is 0 Å². The van der Waals surface area contributed by atoms with Crippen LogP contribution >= 0.6 is 0 Å². The zero-order chi connectivity index (χ0) is 19.8. The summed E-state index contributed by atoms with van der Waals surface area (Å²) in [5, 5.41) is 5.52. The van der Waals surface area contributed by atoms with Gasteiger partial charge in [0.2, 0.25) is 12.7 Å². The fourth-order valence-electron chi connectivity index (χ4n) is 3.08. The molecule has 1 aromatic carbocycles. The Hall–Kier alpha value is -2.77. The Labute approximate surface area is 158 Å². The lowest BCUT2D eigenvalue weighted by Crippen LogP contribution is -2.47. The van der Waals surface area contributed by atoms with Crippen LogP contribution < -0.4 is 20.1 Å². The quantitative estimate of drug-likeness (QED) is 0.733. The van der Waals surface area contributed by atoms with Crippen molar-refractivity contribution in [1.82, 2.24) is 15.5 Å². The lowest BCUT2D eigenvalue weighted by Gasteiger charge is -2.22. The molecule has 4 amide bonds. The standard InChI is InChI=1S/C19H25N3O5/c1-11(2)12(3)20-16(23)9-22-17(24)19(4,21-18(22)25)8-13-5-6-14-15(7-13)27-10-26-14/h5-7,11-12H,8-10H2,1-4H3,(H,20,23)(H,21,25)/t12-,19-/m1/s1. The molecule has 0 saturated carbocycles. The summed E-state index contributed by atoms with van der Waals surface area (Å²) in [5.41, 5.74) is -0.288. The molecule has 2 heterocycles. The van der Waals surface area contributed by atoms with E-state index in [-0.39, 0.29) is 37.6 Å². The van der Waals surface area contributed by atoms with Gasteiger partial charge in [-0.15, -0.1) is 0 Å². The van der Waals surface area contributed by atoms with Crippen LogP contribution in [0.25, 0.3) is 0 Å². The molecule has 0 bridgehead atoms. The van der Waals surface area contributed by atoms with Crippen molar-refractivity contribution in [3.8, 4) is 11.5 Å². The molecule has 146 valence electrons. The molecule has 2 aliphatic rings. The molecule has 0 aliphatic carbocycles. The maximum absolute atomic E-state index is 12.8. The summed E-state index contributed by atoms with van der Waals surface area (Å²) in [4.78, 5) is 38.3. The Kier molecular flexibility index (Phi) is 4.99. The Balaban J connectivity index is 1.68. The van der Waals surface area contributed by atoms with Gasteiger partial charge >= 0.3 is 6.03 Å². The predicted molar refractivity (Wildman–Crippen MR) is 97.4 cm³/mol. The second-order valence-corrected chi connectivity index (χ2v) is 7.62. The first-order chi connectivity index (χ1) is 12.7. The highest BCUT2D eigenvalue weighted by Gasteiger charge is 2.48. The summed E-state index contributed by atoms with van der Waals surface area (Å²) in [5.74, 6) is 0.757. The van der Waals surface area contributed by atoms with Crippen LogP contribution in [0, 0.1) is 5.92 Å². The van der Waals surface area contributed by atoms with E-state index in [9.17, 15) is 14.4 Å². The van der Waals surface area contributed by atoms with Crippen LogP contribution in [0.1, 0.15) is 33.3 Å². The van der Waals surface area contributed by atoms with Crippen molar-refractivity contribution >= 4 is 17.8 Å². The number of hydrogen-bond donors (Lipinski definition) is 2. The monoisotopic (exact) mass is 375 g/mol. The first kappa shape index (κ1) is 19.0. The van der Waals surface area contributed by atoms with Crippen molar-refractivity contribution in [2.24, 2.45) is 5.92 Å². The first-order valence-corrected chi connectivity index (χ1v) is 9.01. The molecule has 2 aliphatic heterocycles. The molecule has 0 unspecified atom stereocenters. The maximum Gasteiger partial charge on any atom is 0.325 e. The maximum atomic E-state index is 12.8. The molecule has 1 saturated heterocycles. The molecule has 3 rings (SSSR count). The molecule has 2 atom stereocenters. The minimum atomic E-state index is -1.12. The zero-order valence-electron chi connectivity index (χ0n) is 16.0. The summed E-state index contributed by atoms with van der Waals surface area (Å²) in [7, 11) is 0. The Morgan fingerprint density at radius 2 is 1.96 bits per heavy atom. The van der Waals surface area contributed by atoms with Crippen LogP contribution in [0.2, 0.25) is 0 Å². The number of amides is 4. The predicted octanol–water partition coefficient (Wildman–Crippen LogP) is 1.43. The SMILES string of the molecule is CC(C)[C@@H](C)NC(=O)CN1C(=O)N[C@](C)(Cc2ccc3c(c2)OCO3)C1=O. The van der Waals surface area contributed by atoms with E-state index < -0.39 is 17.5 Å². The first-order valence-electron chi connectivity index (χ1n) is 9.01. The molecular formula is C19H25N3O5. The molecule has 8 nitrogen and oxygen atoms in total. The number of fused-ring (bicyclic) bond motifs is 1. The highest BCUT2D eigenvalue weighted by molar-refractivity contribution is 6.09. The Bertz CT molecular complexity index is 779. The summed E-state index contributed by atoms with van der Waals surface area (Å²) < 4.78 is 10.6. The largest absolute Gasteiger partial charge is 0.454 e. The number of carbonyl (C=O) groups is 3. The number of rotatable bonds is 6. The highest BCUT2D eigenvalue weighted by atomic mass is 16.7. The van der Waals surface area contributed by atoms with Crippen LogP contribution in [0.15, 0.2) is 18.2 Å². The minimum absolute atomic E-state index is 0.0433. The van der Waals surface area contributed by atoms with Gasteiger partial charge in [0.05, 0.1) is 0 Å². The fraction of sp³-hybridized carbons (Fsp3) is 0.526. The van der Waals surface area contributed by atoms with Crippen molar-refractivity contribution in [3.63, 3.8) is 0 Å². The molecule has 0 radical (unpaired) electrons. The molecule has 0 aromatic heterocycles. The lowest BCUT2D eigenvalue weighted by molar-refractivity contribution is -0.134. The minimum Gasteiger partial charge on any atom is -0.454 e. The summed E-state index contributed by atoms with van der Waals surface area (Å²) in [6.45, 7) is 7.40. The fourth-order valence-corrected chi connectivity index (χ4v) is 3.08. The number of nitrogens with one attached hydrogen (secondary N) is 2. The normalized spacial score (nSPS) is 22.2. The number of carbonyl (C=O) groups excluding carboxylic acids is 3. The molecule has 27 heavy (non-hydrogen) atoms. The van der Waals surface area contributed by atoms with Crippen molar-refractivity contribution in [2.45, 2.75) is 45.7 Å². The van der Waals surface area contributed by atoms with Crippen LogP contribution in [-0.2, 0) is 16.0 Å². The van der Waals surface area contributed by atoms with E-state index in [0.717, 1.165) is 10.5 Å². The van der Waals surface area contributed by atoms with Crippen LogP contribution in [0.5, 0.6) is 11.5 Å². The van der Waals surface area contributed by atoms with Gasteiger partial charge in [-0.3, -0.25) is 14.5 Å². The van der Waals surface area contributed by atoms with Crippen molar-refractivity contribution in [2.75, 3.05) is 13.3 Å². The zero-order valence-corrected chi connectivity index (χ0v) is 16.0. The third-order valence-corrected chi connectivity index (χ3v) is 5.03. The van der Waals surface area contributed by atoms with Crippen LogP contribution in [-0.4, -0.2) is 47.7 Å². The molecule has 8 heteroatoms. The lowest BCUT2D eigenvalue weighted by atomic mass is 9.92. The van der Waals surface area contributed by atoms with Gasteiger partial charge in [0.25, 0.3) is 5.91 Å². The third kappa shape index (κ3) is 3.84. The van der Waals surface area contributed by atoms with E-state index in [2.05, 4.69) is 10.6 Å². The molecular weight excluding hydrogens is 350 g/mol. The van der Waals surface area contributed by atoms with E-state index in [4.69, 9.17) is 9.47 Å². The van der Waals surface area contributed by atoms with Gasteiger partial charge in [-0.05, 0) is 37.5 Å². The number of ether oxygens (including phenoxy) is 2. The van der Waals surface area contributed by atoms with E-state index in [1.165, 1.54) is 0 Å². The van der Waals surface area contributed by atoms with Gasteiger partial charge in [0.15, 0.2) is 11.5 Å². The van der Waals surface area contributed by atoms with Crippen molar-refractivity contribution < 1.29 is 23.9 Å². The number of hydrogen-bond acceptors (Lipinski definition) is 5.